The Balaban J connectivity index is 1.35. The second-order valence-electron chi connectivity index (χ2n) is 6.43. The van der Waals surface area contributed by atoms with Gasteiger partial charge in [-0.3, -0.25) is 14.9 Å². The lowest BCUT2D eigenvalue weighted by molar-refractivity contribution is -0.118. The summed E-state index contributed by atoms with van der Waals surface area (Å²) in [4.78, 5) is 28.0. The first-order valence-corrected chi connectivity index (χ1v) is 8.98. The molecule has 2 aromatic carbocycles. The van der Waals surface area contributed by atoms with Gasteiger partial charge in [0.2, 0.25) is 11.9 Å². The molecule has 0 fully saturated rings. The number of carbonyl (C=O) groups excluding carboxylic acids is 2. The van der Waals surface area contributed by atoms with Gasteiger partial charge in [-0.15, -0.1) is 0 Å². The van der Waals surface area contributed by atoms with Gasteiger partial charge in [0.05, 0.1) is 19.6 Å². The summed E-state index contributed by atoms with van der Waals surface area (Å²) in [5.41, 5.74) is 1.57. The van der Waals surface area contributed by atoms with E-state index in [0.29, 0.717) is 23.1 Å². The standard InChI is InChI=1S/C20H19N5O4/c1-28-15-8-4-14(5-9-15)23-19(27)11-29-16-6-2-13(3-7-16)17-10-18(26)24-20-21-12-22-25(17)20/h2-9,12,17H,10-11H2,1H3,(H,23,27)(H,21,22,24,26)/t17-/m0/s1. The van der Waals surface area contributed by atoms with Crippen LogP contribution in [0.15, 0.2) is 54.9 Å². The minimum atomic E-state index is -0.268. The molecule has 9 heteroatoms. The molecule has 3 aromatic rings. The molecular weight excluding hydrogens is 374 g/mol. The number of carbonyl (C=O) groups is 2. The van der Waals surface area contributed by atoms with E-state index in [2.05, 4.69) is 20.7 Å². The van der Waals surface area contributed by atoms with Crippen LogP contribution < -0.4 is 20.1 Å². The molecule has 0 saturated carbocycles. The van der Waals surface area contributed by atoms with Crippen molar-refractivity contribution in [2.45, 2.75) is 12.5 Å². The Morgan fingerprint density at radius 3 is 2.62 bits per heavy atom. The zero-order chi connectivity index (χ0) is 20.2. The van der Waals surface area contributed by atoms with Crippen molar-refractivity contribution in [2.24, 2.45) is 0 Å². The summed E-state index contributed by atoms with van der Waals surface area (Å²) < 4.78 is 12.3. The molecule has 4 rings (SSSR count). The van der Waals surface area contributed by atoms with Gasteiger partial charge in [0.15, 0.2) is 6.61 Å². The maximum Gasteiger partial charge on any atom is 0.262 e. The summed E-state index contributed by atoms with van der Waals surface area (Å²) in [5, 5.41) is 9.62. The molecule has 1 aliphatic rings. The Morgan fingerprint density at radius 2 is 1.90 bits per heavy atom. The van der Waals surface area contributed by atoms with E-state index in [1.165, 1.54) is 6.33 Å². The number of rotatable bonds is 6. The number of nitrogens with zero attached hydrogens (tertiary/aromatic N) is 3. The van der Waals surface area contributed by atoms with Gasteiger partial charge >= 0.3 is 0 Å². The predicted molar refractivity (Wildman–Crippen MR) is 105 cm³/mol. The van der Waals surface area contributed by atoms with Crippen molar-refractivity contribution in [2.75, 3.05) is 24.4 Å². The fourth-order valence-corrected chi connectivity index (χ4v) is 3.07. The zero-order valence-corrected chi connectivity index (χ0v) is 15.7. The van der Waals surface area contributed by atoms with E-state index in [0.717, 1.165) is 5.56 Å². The molecule has 1 atom stereocenters. The Labute approximate surface area is 166 Å². The van der Waals surface area contributed by atoms with Gasteiger partial charge in [0, 0.05) is 5.69 Å². The first kappa shape index (κ1) is 18.5. The summed E-state index contributed by atoms with van der Waals surface area (Å²) in [6.07, 6.45) is 1.69. The molecule has 0 bridgehead atoms. The van der Waals surface area contributed by atoms with E-state index in [9.17, 15) is 9.59 Å². The van der Waals surface area contributed by atoms with Crippen molar-refractivity contribution in [1.82, 2.24) is 14.8 Å². The van der Waals surface area contributed by atoms with Crippen molar-refractivity contribution in [1.29, 1.82) is 0 Å². The SMILES string of the molecule is COc1ccc(NC(=O)COc2ccc([C@@H]3CC(=O)Nc4ncnn43)cc2)cc1. The summed E-state index contributed by atoms with van der Waals surface area (Å²) in [5.74, 6) is 1.33. The smallest absolute Gasteiger partial charge is 0.262 e. The predicted octanol–water partition coefficient (Wildman–Crippen LogP) is 2.24. The molecule has 29 heavy (non-hydrogen) atoms. The topological polar surface area (TPSA) is 107 Å². The lowest BCUT2D eigenvalue weighted by Crippen LogP contribution is -2.29. The Kier molecular flexibility index (Phi) is 5.10. The van der Waals surface area contributed by atoms with Gasteiger partial charge in [-0.1, -0.05) is 12.1 Å². The molecule has 0 saturated heterocycles. The first-order chi connectivity index (χ1) is 14.1. The fourth-order valence-electron chi connectivity index (χ4n) is 3.07. The number of benzene rings is 2. The number of hydrogen-bond donors (Lipinski definition) is 2. The number of nitrogens with one attached hydrogen (secondary N) is 2. The lowest BCUT2D eigenvalue weighted by atomic mass is 10.0. The van der Waals surface area contributed by atoms with Gasteiger partial charge in [0.1, 0.15) is 17.8 Å². The van der Waals surface area contributed by atoms with Crippen LogP contribution in [0.2, 0.25) is 0 Å². The van der Waals surface area contributed by atoms with Crippen LogP contribution in [-0.4, -0.2) is 40.3 Å². The number of amides is 2. The first-order valence-electron chi connectivity index (χ1n) is 8.98. The Bertz CT molecular complexity index is 1010. The van der Waals surface area contributed by atoms with E-state index >= 15 is 0 Å². The minimum Gasteiger partial charge on any atom is -0.497 e. The number of anilines is 2. The lowest BCUT2D eigenvalue weighted by Gasteiger charge is -2.23. The van der Waals surface area contributed by atoms with E-state index in [-0.39, 0.29) is 30.9 Å². The van der Waals surface area contributed by atoms with Crippen LogP contribution in [0.5, 0.6) is 11.5 Å². The second-order valence-corrected chi connectivity index (χ2v) is 6.43. The van der Waals surface area contributed by atoms with Crippen LogP contribution in [0.1, 0.15) is 18.0 Å². The van der Waals surface area contributed by atoms with Gasteiger partial charge in [0.25, 0.3) is 5.91 Å². The maximum absolute atomic E-state index is 12.1. The van der Waals surface area contributed by atoms with E-state index in [1.807, 2.05) is 12.1 Å². The summed E-state index contributed by atoms with van der Waals surface area (Å²) in [6, 6.07) is 14.0. The molecule has 2 amide bonds. The molecule has 0 unspecified atom stereocenters. The van der Waals surface area contributed by atoms with Crippen molar-refractivity contribution >= 4 is 23.5 Å². The molecular formula is C20H19N5O4. The normalized spacial score (nSPS) is 15.2. The van der Waals surface area contributed by atoms with Crippen molar-refractivity contribution < 1.29 is 19.1 Å². The van der Waals surface area contributed by atoms with Crippen LogP contribution in [0, 0.1) is 0 Å². The maximum atomic E-state index is 12.1. The largest absolute Gasteiger partial charge is 0.497 e. The highest BCUT2D eigenvalue weighted by Gasteiger charge is 2.27. The Hall–Kier alpha value is -3.88. The quantitative estimate of drug-likeness (QED) is 0.665. The van der Waals surface area contributed by atoms with E-state index < -0.39 is 0 Å². The summed E-state index contributed by atoms with van der Waals surface area (Å²) >= 11 is 0. The molecule has 0 radical (unpaired) electrons. The van der Waals surface area contributed by atoms with Gasteiger partial charge < -0.3 is 14.8 Å². The molecule has 2 heterocycles. The molecule has 148 valence electrons. The van der Waals surface area contributed by atoms with Crippen LogP contribution in [0.4, 0.5) is 11.6 Å². The zero-order valence-electron chi connectivity index (χ0n) is 15.7. The van der Waals surface area contributed by atoms with Gasteiger partial charge in [-0.05, 0) is 42.0 Å². The highest BCUT2D eigenvalue weighted by atomic mass is 16.5. The molecule has 2 N–H and O–H groups in total. The van der Waals surface area contributed by atoms with Crippen LogP contribution >= 0.6 is 0 Å². The van der Waals surface area contributed by atoms with E-state index in [4.69, 9.17) is 9.47 Å². The third kappa shape index (κ3) is 4.18. The fraction of sp³-hybridized carbons (Fsp3) is 0.200. The van der Waals surface area contributed by atoms with Crippen molar-refractivity contribution in [3.05, 3.63) is 60.4 Å². The molecule has 0 spiro atoms. The minimum absolute atomic E-state index is 0.106. The monoisotopic (exact) mass is 393 g/mol. The van der Waals surface area contributed by atoms with Gasteiger partial charge in [-0.2, -0.15) is 10.1 Å². The third-order valence-electron chi connectivity index (χ3n) is 4.51. The number of fused-ring (bicyclic) bond motifs is 1. The van der Waals surface area contributed by atoms with Gasteiger partial charge in [-0.25, -0.2) is 4.68 Å². The number of aromatic nitrogens is 3. The van der Waals surface area contributed by atoms with Crippen LogP contribution in [-0.2, 0) is 9.59 Å². The summed E-state index contributed by atoms with van der Waals surface area (Å²) in [7, 11) is 1.58. The second kappa shape index (κ2) is 8.01. The van der Waals surface area contributed by atoms with Crippen LogP contribution in [0.25, 0.3) is 0 Å². The molecule has 1 aromatic heterocycles. The summed E-state index contributed by atoms with van der Waals surface area (Å²) in [6.45, 7) is -0.121. The van der Waals surface area contributed by atoms with Crippen molar-refractivity contribution in [3.63, 3.8) is 0 Å². The highest BCUT2D eigenvalue weighted by Crippen LogP contribution is 2.29. The van der Waals surface area contributed by atoms with Crippen molar-refractivity contribution in [3.8, 4) is 11.5 Å². The Morgan fingerprint density at radius 1 is 1.17 bits per heavy atom. The highest BCUT2D eigenvalue weighted by molar-refractivity contribution is 5.92. The number of hydrogen-bond acceptors (Lipinski definition) is 6. The molecule has 0 aliphatic carbocycles. The van der Waals surface area contributed by atoms with Crippen LogP contribution in [0.3, 0.4) is 0 Å². The third-order valence-corrected chi connectivity index (χ3v) is 4.51. The molecule has 9 nitrogen and oxygen atoms in total. The number of ether oxygens (including phenoxy) is 2. The average Bonchev–Trinajstić information content (AvgIpc) is 3.21. The van der Waals surface area contributed by atoms with E-state index in [1.54, 1.807) is 48.2 Å². The average molecular weight is 393 g/mol. The number of methoxy groups -OCH3 is 1. The molecule has 1 aliphatic heterocycles.